The second-order valence-corrected chi connectivity index (χ2v) is 3.16. The normalized spacial score (nSPS) is 25.9. The lowest BCUT2D eigenvalue weighted by atomic mass is 9.93. The largest absolute Gasteiger partial charge is 0.481 e. The number of hydrogen-bond donors (Lipinski definition) is 3. The van der Waals surface area contributed by atoms with Gasteiger partial charge >= 0.3 is 12.1 Å². The van der Waals surface area contributed by atoms with E-state index in [1.807, 2.05) is 0 Å². The first-order chi connectivity index (χ1) is 6.97. The second kappa shape index (κ2) is 4.12. The van der Waals surface area contributed by atoms with Crippen molar-refractivity contribution < 1.29 is 29.7 Å². The number of carboxylic acids is 1. The van der Waals surface area contributed by atoms with Crippen molar-refractivity contribution in [3.05, 3.63) is 5.70 Å². The predicted molar refractivity (Wildman–Crippen MR) is 45.7 cm³/mol. The van der Waals surface area contributed by atoms with Gasteiger partial charge in [0.2, 0.25) is 0 Å². The molecular weight excluding hydrogens is 206 g/mol. The Morgan fingerprint density at radius 3 is 2.40 bits per heavy atom. The fourth-order valence-electron chi connectivity index (χ4n) is 1.48. The number of carbonyl (C=O) groups excluding carboxylic acids is 1. The summed E-state index contributed by atoms with van der Waals surface area (Å²) in [6.07, 6.45) is -2.73. The van der Waals surface area contributed by atoms with Crippen molar-refractivity contribution in [2.24, 2.45) is 5.92 Å². The van der Waals surface area contributed by atoms with E-state index in [0.29, 0.717) is 4.90 Å². The molecule has 1 rings (SSSR count). The Balaban J connectivity index is 3.05. The molecule has 82 valence electrons. The molecule has 0 aromatic heterocycles. The Hall–Kier alpha value is -1.85. The van der Waals surface area contributed by atoms with E-state index in [2.05, 4.69) is 0 Å². The Morgan fingerprint density at radius 1 is 1.40 bits per heavy atom. The molecule has 1 aliphatic rings. The predicted octanol–water partition coefficient (Wildman–Crippen LogP) is -0.853. The number of rotatable bonds is 1. The number of carboxylic acid groups (broad SMARTS) is 2. The van der Waals surface area contributed by atoms with Crippen LogP contribution >= 0.6 is 0 Å². The van der Waals surface area contributed by atoms with Crippen LogP contribution < -0.4 is 0 Å². The molecule has 1 amide bonds. The van der Waals surface area contributed by atoms with Gasteiger partial charge in [0, 0.05) is 0 Å². The third-order valence-electron chi connectivity index (χ3n) is 2.16. The van der Waals surface area contributed by atoms with Crippen molar-refractivity contribution in [2.45, 2.75) is 12.5 Å². The van der Waals surface area contributed by atoms with E-state index < -0.39 is 29.8 Å². The quantitative estimate of drug-likeness (QED) is 0.490. The molecule has 0 aromatic rings. The molecule has 1 fully saturated rings. The first-order valence-electron chi connectivity index (χ1n) is 4.13. The number of β-amino-alcohol motifs (C(OH)–C–C–N with tert-alkyl or cyclic N) is 1. The molecule has 7 nitrogen and oxygen atoms in total. The van der Waals surface area contributed by atoms with Crippen molar-refractivity contribution in [1.82, 2.24) is 4.90 Å². The van der Waals surface area contributed by atoms with E-state index in [9.17, 15) is 19.5 Å². The molecular formula is C8H9NO6. The minimum atomic E-state index is -1.47. The van der Waals surface area contributed by atoms with Crippen molar-refractivity contribution in [2.75, 3.05) is 6.54 Å². The summed E-state index contributed by atoms with van der Waals surface area (Å²) in [7, 11) is 0. The average molecular weight is 215 g/mol. The molecule has 0 saturated carbocycles. The lowest BCUT2D eigenvalue weighted by molar-refractivity contribution is -0.142. The zero-order valence-corrected chi connectivity index (χ0v) is 7.58. The molecule has 1 aliphatic heterocycles. The highest BCUT2D eigenvalue weighted by atomic mass is 16.4. The summed E-state index contributed by atoms with van der Waals surface area (Å²) in [6, 6.07) is 0. The number of aliphatic hydroxyl groups is 1. The zero-order valence-electron chi connectivity index (χ0n) is 7.58. The maximum absolute atomic E-state index is 10.7. The van der Waals surface area contributed by atoms with Crippen molar-refractivity contribution in [3.8, 4) is 0 Å². The van der Waals surface area contributed by atoms with E-state index in [0.717, 1.165) is 0 Å². The molecule has 2 unspecified atom stereocenters. The first kappa shape index (κ1) is 11.2. The monoisotopic (exact) mass is 215 g/mol. The summed E-state index contributed by atoms with van der Waals surface area (Å²) in [6.45, 7) is -0.302. The van der Waals surface area contributed by atoms with Crippen LogP contribution in [0.15, 0.2) is 5.70 Å². The maximum atomic E-state index is 10.7. The van der Waals surface area contributed by atoms with Gasteiger partial charge in [-0.1, -0.05) is 0 Å². The molecule has 2 atom stereocenters. The molecule has 0 aliphatic carbocycles. The van der Waals surface area contributed by atoms with Gasteiger partial charge in [-0.25, -0.2) is 9.59 Å². The van der Waals surface area contributed by atoms with Crippen LogP contribution in [0.3, 0.4) is 0 Å². The summed E-state index contributed by atoms with van der Waals surface area (Å²) in [4.78, 5) is 32.4. The molecule has 0 radical (unpaired) electrons. The van der Waals surface area contributed by atoms with E-state index in [1.54, 1.807) is 0 Å². The average Bonchev–Trinajstić information content (AvgIpc) is 2.16. The number of carbonyl (C=O) groups is 2. The fraction of sp³-hybridized carbons (Fsp3) is 0.500. The summed E-state index contributed by atoms with van der Waals surface area (Å²) in [5.74, 6) is -1.36. The number of hydrogen-bond acceptors (Lipinski definition) is 4. The first-order valence-corrected chi connectivity index (χ1v) is 4.13. The van der Waals surface area contributed by atoms with Gasteiger partial charge in [0.05, 0.1) is 12.6 Å². The molecule has 15 heavy (non-hydrogen) atoms. The number of aliphatic hydroxyl groups excluding tert-OH is 1. The lowest BCUT2D eigenvalue weighted by Crippen LogP contribution is -2.46. The molecule has 1 heterocycles. The number of likely N-dealkylation sites (tertiary alicyclic amines) is 1. The summed E-state index contributed by atoms with van der Waals surface area (Å²) < 4.78 is 0. The summed E-state index contributed by atoms with van der Waals surface area (Å²) in [5, 5.41) is 26.7. The van der Waals surface area contributed by atoms with Crippen molar-refractivity contribution in [3.63, 3.8) is 0 Å². The zero-order chi connectivity index (χ0) is 11.6. The van der Waals surface area contributed by atoms with Crippen LogP contribution in [-0.4, -0.2) is 50.9 Å². The van der Waals surface area contributed by atoms with Crippen molar-refractivity contribution in [1.29, 1.82) is 0 Å². The van der Waals surface area contributed by atoms with Gasteiger partial charge in [0.25, 0.3) is 0 Å². The van der Waals surface area contributed by atoms with Gasteiger partial charge in [0.1, 0.15) is 17.6 Å². The number of nitrogens with zero attached hydrogens (tertiary/aromatic N) is 1. The van der Waals surface area contributed by atoms with Crippen molar-refractivity contribution >= 4 is 18.0 Å². The fourth-order valence-corrected chi connectivity index (χ4v) is 1.48. The smallest absolute Gasteiger partial charge is 0.412 e. The SMILES string of the molecule is O=C=C1C(C(=O)O)CC(O)CN1C(=O)O. The van der Waals surface area contributed by atoms with Gasteiger partial charge in [-0.15, -0.1) is 0 Å². The Labute approximate surface area is 84.2 Å². The molecule has 7 heteroatoms. The topological polar surface area (TPSA) is 115 Å². The van der Waals surface area contributed by atoms with Gasteiger partial charge in [-0.3, -0.25) is 9.69 Å². The van der Waals surface area contributed by atoms with Gasteiger partial charge in [-0.05, 0) is 6.42 Å². The highest BCUT2D eigenvalue weighted by molar-refractivity contribution is 5.81. The lowest BCUT2D eigenvalue weighted by Gasteiger charge is -2.32. The Morgan fingerprint density at radius 2 is 2.00 bits per heavy atom. The van der Waals surface area contributed by atoms with Crippen LogP contribution in [0.5, 0.6) is 0 Å². The van der Waals surface area contributed by atoms with Crippen LogP contribution in [0.2, 0.25) is 0 Å². The Bertz CT molecular complexity index is 319. The molecule has 0 bridgehead atoms. The summed E-state index contributed by atoms with van der Waals surface area (Å²) >= 11 is 0. The van der Waals surface area contributed by atoms with E-state index in [4.69, 9.17) is 10.2 Å². The number of aliphatic carboxylic acids is 1. The minimum absolute atomic E-state index is 0.177. The van der Waals surface area contributed by atoms with E-state index in [-0.39, 0.29) is 13.0 Å². The number of amides is 1. The maximum Gasteiger partial charge on any atom is 0.412 e. The molecule has 3 N–H and O–H groups in total. The highest BCUT2D eigenvalue weighted by Gasteiger charge is 2.38. The van der Waals surface area contributed by atoms with Crippen LogP contribution in [0.4, 0.5) is 4.79 Å². The van der Waals surface area contributed by atoms with Gasteiger partial charge in [-0.2, -0.15) is 0 Å². The molecule has 0 spiro atoms. The third kappa shape index (κ3) is 2.15. The standard InChI is InChI=1S/C8H9NO6/c10-3-6-5(7(12)13)1-4(11)2-9(6)8(14)15/h4-5,11H,1-2H2,(H,12,13)(H,14,15). The second-order valence-electron chi connectivity index (χ2n) is 3.16. The minimum Gasteiger partial charge on any atom is -0.481 e. The highest BCUT2D eigenvalue weighted by Crippen LogP contribution is 2.25. The number of piperidine rings is 1. The van der Waals surface area contributed by atoms with Gasteiger partial charge < -0.3 is 15.3 Å². The van der Waals surface area contributed by atoms with Crippen LogP contribution in [0.25, 0.3) is 0 Å². The van der Waals surface area contributed by atoms with Crippen LogP contribution in [0, 0.1) is 5.92 Å². The molecule has 1 saturated heterocycles. The Kier molecular flexibility index (Phi) is 3.08. The van der Waals surface area contributed by atoms with E-state index in [1.165, 1.54) is 5.94 Å². The molecule has 0 aromatic carbocycles. The van der Waals surface area contributed by atoms with Crippen LogP contribution in [0.1, 0.15) is 6.42 Å². The van der Waals surface area contributed by atoms with Gasteiger partial charge in [0.15, 0.2) is 0 Å². The summed E-state index contributed by atoms with van der Waals surface area (Å²) in [5.41, 5.74) is -0.458. The van der Waals surface area contributed by atoms with E-state index >= 15 is 0 Å². The third-order valence-corrected chi connectivity index (χ3v) is 2.16. The van der Waals surface area contributed by atoms with Crippen LogP contribution in [-0.2, 0) is 9.59 Å².